The largest absolute Gasteiger partial charge is 0.392 e. The van der Waals surface area contributed by atoms with E-state index in [0.29, 0.717) is 12.8 Å². The summed E-state index contributed by atoms with van der Waals surface area (Å²) in [6.45, 7) is 3.57. The predicted molar refractivity (Wildman–Crippen MR) is 48.8 cm³/mol. The van der Waals surface area contributed by atoms with E-state index in [0.717, 1.165) is 5.56 Å². The third-order valence-electron chi connectivity index (χ3n) is 1.66. The van der Waals surface area contributed by atoms with Crippen molar-refractivity contribution in [2.24, 2.45) is 0 Å². The van der Waals surface area contributed by atoms with E-state index in [9.17, 15) is 5.11 Å². The zero-order chi connectivity index (χ0) is 8.81. The van der Waals surface area contributed by atoms with Gasteiger partial charge in [-0.05, 0) is 30.5 Å². The molecule has 0 aliphatic carbocycles. The van der Waals surface area contributed by atoms with E-state index in [2.05, 4.69) is 11.6 Å². The van der Waals surface area contributed by atoms with E-state index >= 15 is 0 Å². The van der Waals surface area contributed by atoms with E-state index in [1.54, 1.807) is 18.5 Å². The molecule has 12 heavy (non-hydrogen) atoms. The van der Waals surface area contributed by atoms with Gasteiger partial charge in [-0.25, -0.2) is 0 Å². The summed E-state index contributed by atoms with van der Waals surface area (Å²) in [5, 5.41) is 9.41. The first-order valence-corrected chi connectivity index (χ1v) is 4.01. The van der Waals surface area contributed by atoms with Crippen molar-refractivity contribution in [3.63, 3.8) is 0 Å². The van der Waals surface area contributed by atoms with Crippen LogP contribution in [0, 0.1) is 0 Å². The van der Waals surface area contributed by atoms with E-state index in [1.165, 1.54) is 0 Å². The van der Waals surface area contributed by atoms with Gasteiger partial charge in [-0.15, -0.1) is 6.58 Å². The van der Waals surface area contributed by atoms with Gasteiger partial charge in [0.25, 0.3) is 0 Å². The number of hydrogen-bond donors (Lipinski definition) is 1. The van der Waals surface area contributed by atoms with E-state index in [-0.39, 0.29) is 6.10 Å². The Labute approximate surface area is 72.6 Å². The lowest BCUT2D eigenvalue weighted by atomic mass is 10.1. The van der Waals surface area contributed by atoms with E-state index in [4.69, 9.17) is 0 Å². The summed E-state index contributed by atoms with van der Waals surface area (Å²) < 4.78 is 0. The predicted octanol–water partition coefficient (Wildman–Crippen LogP) is 1.56. The summed E-state index contributed by atoms with van der Waals surface area (Å²) in [4.78, 5) is 3.90. The smallest absolute Gasteiger partial charge is 0.0614 e. The molecule has 0 radical (unpaired) electrons. The lowest BCUT2D eigenvalue weighted by Crippen LogP contribution is -2.08. The van der Waals surface area contributed by atoms with Gasteiger partial charge in [0, 0.05) is 12.4 Å². The van der Waals surface area contributed by atoms with Crippen LogP contribution in [-0.4, -0.2) is 16.2 Å². The molecule has 1 unspecified atom stereocenters. The maximum absolute atomic E-state index is 9.41. The van der Waals surface area contributed by atoms with Gasteiger partial charge in [-0.3, -0.25) is 4.98 Å². The number of hydrogen-bond acceptors (Lipinski definition) is 2. The Morgan fingerprint density at radius 3 is 2.75 bits per heavy atom. The summed E-state index contributed by atoms with van der Waals surface area (Å²) in [6.07, 6.45) is 6.19. The second-order valence-corrected chi connectivity index (χ2v) is 2.74. The molecule has 1 aromatic heterocycles. The van der Waals surface area contributed by atoms with Crippen molar-refractivity contribution in [3.05, 3.63) is 42.7 Å². The fourth-order valence-electron chi connectivity index (χ4n) is 1.07. The average molecular weight is 163 g/mol. The molecule has 0 saturated carbocycles. The van der Waals surface area contributed by atoms with Crippen LogP contribution < -0.4 is 0 Å². The number of aromatic nitrogens is 1. The van der Waals surface area contributed by atoms with Crippen molar-refractivity contribution in [1.82, 2.24) is 4.98 Å². The van der Waals surface area contributed by atoms with Crippen molar-refractivity contribution in [1.29, 1.82) is 0 Å². The van der Waals surface area contributed by atoms with Crippen LogP contribution in [-0.2, 0) is 6.42 Å². The minimum absolute atomic E-state index is 0.315. The Hall–Kier alpha value is -1.15. The molecule has 1 aromatic rings. The summed E-state index contributed by atoms with van der Waals surface area (Å²) in [5.74, 6) is 0. The molecule has 2 heteroatoms. The fraction of sp³-hybridized carbons (Fsp3) is 0.300. The number of aliphatic hydroxyl groups is 1. The monoisotopic (exact) mass is 163 g/mol. The van der Waals surface area contributed by atoms with Gasteiger partial charge in [0.1, 0.15) is 0 Å². The first-order chi connectivity index (χ1) is 5.83. The minimum Gasteiger partial charge on any atom is -0.392 e. The van der Waals surface area contributed by atoms with Gasteiger partial charge < -0.3 is 5.11 Å². The zero-order valence-electron chi connectivity index (χ0n) is 6.98. The van der Waals surface area contributed by atoms with E-state index in [1.807, 2.05) is 12.1 Å². The van der Waals surface area contributed by atoms with Gasteiger partial charge in [0.15, 0.2) is 0 Å². The molecule has 0 spiro atoms. The van der Waals surface area contributed by atoms with Gasteiger partial charge in [0.2, 0.25) is 0 Å². The van der Waals surface area contributed by atoms with Crippen LogP contribution in [0.5, 0.6) is 0 Å². The molecule has 2 nitrogen and oxygen atoms in total. The number of pyridine rings is 1. The normalized spacial score (nSPS) is 12.4. The molecule has 0 bridgehead atoms. The lowest BCUT2D eigenvalue weighted by molar-refractivity contribution is 0.178. The molecule has 0 amide bonds. The van der Waals surface area contributed by atoms with Crippen LogP contribution in [0.2, 0.25) is 0 Å². The summed E-state index contributed by atoms with van der Waals surface area (Å²) >= 11 is 0. The van der Waals surface area contributed by atoms with E-state index < -0.39 is 0 Å². The van der Waals surface area contributed by atoms with Gasteiger partial charge in [-0.1, -0.05) is 6.08 Å². The molecule has 64 valence electrons. The maximum atomic E-state index is 9.41. The Bertz CT molecular complexity index is 233. The topological polar surface area (TPSA) is 33.1 Å². The van der Waals surface area contributed by atoms with Crippen molar-refractivity contribution in [3.8, 4) is 0 Å². The fourth-order valence-corrected chi connectivity index (χ4v) is 1.07. The Kier molecular flexibility index (Phi) is 3.48. The van der Waals surface area contributed by atoms with Crippen molar-refractivity contribution < 1.29 is 5.11 Å². The van der Waals surface area contributed by atoms with Crippen LogP contribution in [0.4, 0.5) is 0 Å². The maximum Gasteiger partial charge on any atom is 0.0614 e. The average Bonchev–Trinajstić information content (AvgIpc) is 2.06. The van der Waals surface area contributed by atoms with Gasteiger partial charge in [0.05, 0.1) is 6.10 Å². The Morgan fingerprint density at radius 1 is 1.50 bits per heavy atom. The molecule has 0 saturated heterocycles. The second-order valence-electron chi connectivity index (χ2n) is 2.74. The minimum atomic E-state index is -0.315. The van der Waals surface area contributed by atoms with Gasteiger partial charge in [-0.2, -0.15) is 0 Å². The first kappa shape index (κ1) is 8.94. The SMILES string of the molecule is C=CCC(O)Cc1ccncc1. The highest BCUT2D eigenvalue weighted by atomic mass is 16.3. The van der Waals surface area contributed by atoms with Crippen LogP contribution in [0.15, 0.2) is 37.2 Å². The van der Waals surface area contributed by atoms with Crippen molar-refractivity contribution in [2.75, 3.05) is 0 Å². The molecule has 0 aliphatic rings. The highest BCUT2D eigenvalue weighted by molar-refractivity contribution is 5.10. The number of nitrogens with zero attached hydrogens (tertiary/aromatic N) is 1. The summed E-state index contributed by atoms with van der Waals surface area (Å²) in [6, 6.07) is 3.82. The lowest BCUT2D eigenvalue weighted by Gasteiger charge is -2.06. The van der Waals surface area contributed by atoms with Crippen LogP contribution in [0.25, 0.3) is 0 Å². The highest BCUT2D eigenvalue weighted by Crippen LogP contribution is 2.04. The van der Waals surface area contributed by atoms with Crippen LogP contribution in [0.3, 0.4) is 0 Å². The molecule has 1 rings (SSSR count). The molecular weight excluding hydrogens is 150 g/mol. The summed E-state index contributed by atoms with van der Waals surface area (Å²) in [7, 11) is 0. The first-order valence-electron chi connectivity index (χ1n) is 4.01. The number of aliphatic hydroxyl groups excluding tert-OH is 1. The highest BCUT2D eigenvalue weighted by Gasteiger charge is 2.01. The third kappa shape index (κ3) is 2.84. The summed E-state index contributed by atoms with van der Waals surface area (Å²) in [5.41, 5.74) is 1.11. The van der Waals surface area contributed by atoms with Crippen molar-refractivity contribution >= 4 is 0 Å². The molecule has 1 heterocycles. The third-order valence-corrected chi connectivity index (χ3v) is 1.66. The quantitative estimate of drug-likeness (QED) is 0.683. The second kappa shape index (κ2) is 4.67. The van der Waals surface area contributed by atoms with Crippen molar-refractivity contribution in [2.45, 2.75) is 18.9 Å². The molecule has 0 aliphatic heterocycles. The standard InChI is InChI=1S/C10H13NO/c1-2-3-10(12)8-9-4-6-11-7-5-9/h2,4-7,10,12H,1,3,8H2. The molecule has 0 aromatic carbocycles. The molecule has 1 atom stereocenters. The molecule has 0 fully saturated rings. The molecular formula is C10H13NO. The van der Waals surface area contributed by atoms with Crippen LogP contribution >= 0.6 is 0 Å². The van der Waals surface area contributed by atoms with Gasteiger partial charge >= 0.3 is 0 Å². The van der Waals surface area contributed by atoms with Crippen LogP contribution in [0.1, 0.15) is 12.0 Å². The number of rotatable bonds is 4. The zero-order valence-corrected chi connectivity index (χ0v) is 6.98. The Balaban J connectivity index is 2.46. The Morgan fingerprint density at radius 2 is 2.17 bits per heavy atom. The molecule has 1 N–H and O–H groups in total.